The molecule has 1 heterocycles. The molecule has 1 aromatic carbocycles. The van der Waals surface area contributed by atoms with Crippen LogP contribution in [0.15, 0.2) is 23.1 Å². The monoisotopic (exact) mass is 354 g/mol. The predicted molar refractivity (Wildman–Crippen MR) is 97.0 cm³/mol. The van der Waals surface area contributed by atoms with E-state index in [9.17, 15) is 8.42 Å². The normalized spacial score (nSPS) is 17.9. The molecule has 0 atom stereocenters. The maximum absolute atomic E-state index is 12.9. The fraction of sp³-hybridized carbons (Fsp3) is 0.667. The van der Waals surface area contributed by atoms with Gasteiger partial charge in [-0.1, -0.05) is 26.8 Å². The molecule has 1 aromatic rings. The van der Waals surface area contributed by atoms with Gasteiger partial charge in [0.25, 0.3) is 0 Å². The van der Waals surface area contributed by atoms with Crippen molar-refractivity contribution in [2.75, 3.05) is 40.3 Å². The Morgan fingerprint density at radius 2 is 1.75 bits per heavy atom. The number of methoxy groups -OCH3 is 1. The lowest BCUT2D eigenvalue weighted by Crippen LogP contribution is -2.47. The average Bonchev–Trinajstić information content (AvgIpc) is 2.52. The molecule has 1 aliphatic rings. The Hall–Kier alpha value is -1.11. The number of sulfonamides is 1. The first-order valence-electron chi connectivity index (χ1n) is 8.49. The Labute approximate surface area is 146 Å². The summed E-state index contributed by atoms with van der Waals surface area (Å²) in [5.41, 5.74) is 1.36. The number of benzene rings is 1. The van der Waals surface area contributed by atoms with Crippen LogP contribution in [-0.4, -0.2) is 58.0 Å². The second-order valence-electron chi connectivity index (χ2n) is 7.75. The minimum absolute atomic E-state index is 0.248. The van der Waals surface area contributed by atoms with Gasteiger partial charge in [-0.3, -0.25) is 0 Å². The van der Waals surface area contributed by atoms with Crippen molar-refractivity contribution in [2.45, 2.75) is 38.5 Å². The van der Waals surface area contributed by atoms with Gasteiger partial charge in [0, 0.05) is 26.2 Å². The molecule has 0 unspecified atom stereocenters. The smallest absolute Gasteiger partial charge is 0.246 e. The standard InChI is InChI=1S/C18H30N2O3S/c1-18(2,3)9-8-15-6-7-17(16(14-15)23-5)24(21,22)20-12-10-19(4)11-13-20/h6-7,14H,8-13H2,1-5H3. The number of hydrogen-bond donors (Lipinski definition) is 0. The van der Waals surface area contributed by atoms with E-state index in [2.05, 4.69) is 25.7 Å². The largest absolute Gasteiger partial charge is 0.495 e. The zero-order valence-corrected chi connectivity index (χ0v) is 16.3. The van der Waals surface area contributed by atoms with Gasteiger partial charge in [0.2, 0.25) is 10.0 Å². The van der Waals surface area contributed by atoms with Crippen LogP contribution in [0.1, 0.15) is 32.8 Å². The van der Waals surface area contributed by atoms with E-state index < -0.39 is 10.0 Å². The molecule has 0 saturated carbocycles. The minimum Gasteiger partial charge on any atom is -0.495 e. The molecular weight excluding hydrogens is 324 g/mol. The van der Waals surface area contributed by atoms with E-state index in [0.29, 0.717) is 18.8 Å². The fourth-order valence-electron chi connectivity index (χ4n) is 2.77. The van der Waals surface area contributed by atoms with Crippen LogP contribution in [0, 0.1) is 5.41 Å². The highest BCUT2D eigenvalue weighted by molar-refractivity contribution is 7.89. The lowest BCUT2D eigenvalue weighted by atomic mass is 9.89. The first-order chi connectivity index (χ1) is 11.1. The average molecular weight is 355 g/mol. The molecule has 6 heteroatoms. The molecule has 0 aliphatic carbocycles. The van der Waals surface area contributed by atoms with E-state index in [1.807, 2.05) is 19.2 Å². The van der Waals surface area contributed by atoms with Gasteiger partial charge in [-0.05, 0) is 43.0 Å². The summed E-state index contributed by atoms with van der Waals surface area (Å²) in [6, 6.07) is 5.48. The van der Waals surface area contributed by atoms with Crippen LogP contribution in [0.3, 0.4) is 0 Å². The summed E-state index contributed by atoms with van der Waals surface area (Å²) >= 11 is 0. The van der Waals surface area contributed by atoms with Crippen molar-refractivity contribution in [3.63, 3.8) is 0 Å². The summed E-state index contributed by atoms with van der Waals surface area (Å²) in [6.07, 6.45) is 1.95. The van der Waals surface area contributed by atoms with Crippen molar-refractivity contribution in [1.29, 1.82) is 0 Å². The molecule has 0 spiro atoms. The third-order valence-corrected chi connectivity index (χ3v) is 6.41. The first-order valence-corrected chi connectivity index (χ1v) is 9.93. The topological polar surface area (TPSA) is 49.9 Å². The number of piperazine rings is 1. The summed E-state index contributed by atoms with van der Waals surface area (Å²) in [7, 11) is 0.0354. The van der Waals surface area contributed by atoms with Crippen LogP contribution in [-0.2, 0) is 16.4 Å². The molecule has 0 radical (unpaired) electrons. The van der Waals surface area contributed by atoms with Crippen LogP contribution in [0.5, 0.6) is 5.75 Å². The second kappa shape index (κ2) is 7.42. The quantitative estimate of drug-likeness (QED) is 0.816. The third-order valence-electron chi connectivity index (χ3n) is 4.47. The summed E-state index contributed by atoms with van der Waals surface area (Å²) in [5.74, 6) is 0.445. The molecule has 0 bridgehead atoms. The van der Waals surface area contributed by atoms with E-state index in [1.165, 1.54) is 7.11 Å². The Morgan fingerprint density at radius 1 is 1.12 bits per heavy atom. The van der Waals surface area contributed by atoms with E-state index in [1.54, 1.807) is 10.4 Å². The maximum atomic E-state index is 12.9. The van der Waals surface area contributed by atoms with Gasteiger partial charge in [0.15, 0.2) is 0 Å². The Balaban J connectivity index is 2.23. The van der Waals surface area contributed by atoms with Crippen LogP contribution >= 0.6 is 0 Å². The van der Waals surface area contributed by atoms with Crippen molar-refractivity contribution < 1.29 is 13.2 Å². The fourth-order valence-corrected chi connectivity index (χ4v) is 4.33. The second-order valence-corrected chi connectivity index (χ2v) is 9.66. The lowest BCUT2D eigenvalue weighted by molar-refractivity contribution is 0.222. The molecule has 1 fully saturated rings. The summed E-state index contributed by atoms with van der Waals surface area (Å²) < 4.78 is 32.8. The van der Waals surface area contributed by atoms with E-state index in [4.69, 9.17) is 4.74 Å². The maximum Gasteiger partial charge on any atom is 0.246 e. The van der Waals surface area contributed by atoms with Crippen molar-refractivity contribution >= 4 is 10.0 Å². The highest BCUT2D eigenvalue weighted by Gasteiger charge is 2.30. The predicted octanol–water partition coefficient (Wildman–Crippen LogP) is 2.61. The minimum atomic E-state index is -3.51. The van der Waals surface area contributed by atoms with Crippen LogP contribution < -0.4 is 4.74 Å². The Kier molecular flexibility index (Phi) is 5.94. The van der Waals surface area contributed by atoms with E-state index in [-0.39, 0.29) is 10.3 Å². The van der Waals surface area contributed by atoms with Gasteiger partial charge in [-0.15, -0.1) is 0 Å². The summed E-state index contributed by atoms with van der Waals surface area (Å²) in [4.78, 5) is 2.41. The summed E-state index contributed by atoms with van der Waals surface area (Å²) in [6.45, 7) is 9.17. The molecule has 5 nitrogen and oxygen atoms in total. The molecule has 0 amide bonds. The number of rotatable bonds is 5. The van der Waals surface area contributed by atoms with Crippen LogP contribution in [0.2, 0.25) is 0 Å². The zero-order chi connectivity index (χ0) is 18.0. The third kappa shape index (κ3) is 4.71. The molecule has 1 saturated heterocycles. The van der Waals surface area contributed by atoms with Crippen molar-refractivity contribution in [1.82, 2.24) is 9.21 Å². The molecule has 136 valence electrons. The van der Waals surface area contributed by atoms with Crippen molar-refractivity contribution in [3.8, 4) is 5.75 Å². The Bertz CT molecular complexity index is 657. The van der Waals surface area contributed by atoms with Crippen molar-refractivity contribution in [2.24, 2.45) is 5.41 Å². The van der Waals surface area contributed by atoms with Crippen LogP contribution in [0.4, 0.5) is 0 Å². The molecule has 1 aliphatic heterocycles. The van der Waals surface area contributed by atoms with Gasteiger partial charge in [0.05, 0.1) is 7.11 Å². The van der Waals surface area contributed by atoms with Crippen LogP contribution in [0.25, 0.3) is 0 Å². The number of likely N-dealkylation sites (N-methyl/N-ethyl adjacent to an activating group) is 1. The van der Waals surface area contributed by atoms with E-state index >= 15 is 0 Å². The molecule has 0 aromatic heterocycles. The highest BCUT2D eigenvalue weighted by Crippen LogP contribution is 2.30. The number of ether oxygens (including phenoxy) is 1. The van der Waals surface area contributed by atoms with Gasteiger partial charge in [-0.25, -0.2) is 8.42 Å². The molecule has 2 rings (SSSR count). The number of nitrogens with zero attached hydrogens (tertiary/aromatic N) is 2. The zero-order valence-electron chi connectivity index (χ0n) is 15.5. The van der Waals surface area contributed by atoms with Gasteiger partial charge < -0.3 is 9.64 Å². The SMILES string of the molecule is COc1cc(CCC(C)(C)C)ccc1S(=O)(=O)N1CCN(C)CC1. The number of hydrogen-bond acceptors (Lipinski definition) is 4. The molecule has 0 N–H and O–H groups in total. The molecule has 24 heavy (non-hydrogen) atoms. The Morgan fingerprint density at radius 3 is 2.29 bits per heavy atom. The lowest BCUT2D eigenvalue weighted by Gasteiger charge is -2.31. The van der Waals surface area contributed by atoms with Gasteiger partial charge in [0.1, 0.15) is 10.6 Å². The van der Waals surface area contributed by atoms with Gasteiger partial charge in [-0.2, -0.15) is 4.31 Å². The highest BCUT2D eigenvalue weighted by atomic mass is 32.2. The summed E-state index contributed by atoms with van der Waals surface area (Å²) in [5, 5.41) is 0. The first kappa shape index (κ1) is 19.2. The number of aryl methyl sites for hydroxylation is 1. The van der Waals surface area contributed by atoms with Crippen molar-refractivity contribution in [3.05, 3.63) is 23.8 Å². The van der Waals surface area contributed by atoms with Gasteiger partial charge >= 0.3 is 0 Å². The van der Waals surface area contributed by atoms with E-state index in [0.717, 1.165) is 31.5 Å². The molecular formula is C18H30N2O3S.